The molecule has 1 rings (SSSR count). The SMILES string of the molecule is CCOC(=O)c1c(C(=O)CCCl)cccc1C(F)F. The summed E-state index contributed by atoms with van der Waals surface area (Å²) in [5.74, 6) is -1.32. The van der Waals surface area contributed by atoms with E-state index in [0.717, 1.165) is 6.07 Å². The van der Waals surface area contributed by atoms with Crippen molar-refractivity contribution in [1.82, 2.24) is 0 Å². The van der Waals surface area contributed by atoms with Gasteiger partial charge in [-0.25, -0.2) is 13.6 Å². The number of ketones is 1. The maximum atomic E-state index is 12.9. The van der Waals surface area contributed by atoms with Gasteiger partial charge in [-0.15, -0.1) is 11.6 Å². The lowest BCUT2D eigenvalue weighted by atomic mass is 9.97. The second-order valence-electron chi connectivity index (χ2n) is 3.65. The minimum atomic E-state index is -2.86. The van der Waals surface area contributed by atoms with Crippen LogP contribution in [0.3, 0.4) is 0 Å². The Balaban J connectivity index is 3.33. The van der Waals surface area contributed by atoms with Crippen LogP contribution in [0.2, 0.25) is 0 Å². The lowest BCUT2D eigenvalue weighted by Gasteiger charge is -2.12. The summed E-state index contributed by atoms with van der Waals surface area (Å²) in [6, 6.07) is 3.74. The summed E-state index contributed by atoms with van der Waals surface area (Å²) in [4.78, 5) is 23.6. The zero-order valence-electron chi connectivity index (χ0n) is 10.3. The molecule has 0 aliphatic carbocycles. The van der Waals surface area contributed by atoms with Crippen LogP contribution < -0.4 is 0 Å². The van der Waals surface area contributed by atoms with Crippen LogP contribution in [0.25, 0.3) is 0 Å². The predicted molar refractivity (Wildman–Crippen MR) is 67.0 cm³/mol. The molecule has 0 saturated heterocycles. The van der Waals surface area contributed by atoms with Crippen molar-refractivity contribution in [3.8, 4) is 0 Å². The number of carbonyl (C=O) groups is 2. The molecule has 0 N–H and O–H groups in total. The van der Waals surface area contributed by atoms with Gasteiger partial charge < -0.3 is 4.74 Å². The van der Waals surface area contributed by atoms with Gasteiger partial charge in [-0.2, -0.15) is 0 Å². The molecule has 3 nitrogen and oxygen atoms in total. The van der Waals surface area contributed by atoms with E-state index in [1.54, 1.807) is 6.92 Å². The molecule has 0 bridgehead atoms. The lowest BCUT2D eigenvalue weighted by Crippen LogP contribution is -2.15. The van der Waals surface area contributed by atoms with Gasteiger partial charge in [0, 0.05) is 23.4 Å². The van der Waals surface area contributed by atoms with Crippen LogP contribution in [0.1, 0.15) is 46.0 Å². The van der Waals surface area contributed by atoms with Crippen molar-refractivity contribution in [2.24, 2.45) is 0 Å². The maximum Gasteiger partial charge on any atom is 0.339 e. The van der Waals surface area contributed by atoms with Gasteiger partial charge in [-0.3, -0.25) is 4.79 Å². The summed E-state index contributed by atoms with van der Waals surface area (Å²) >= 11 is 5.46. The van der Waals surface area contributed by atoms with E-state index in [4.69, 9.17) is 16.3 Å². The highest BCUT2D eigenvalue weighted by atomic mass is 35.5. The number of Topliss-reactive ketones (excluding diaryl/α,β-unsaturated/α-hetero) is 1. The van der Waals surface area contributed by atoms with Crippen molar-refractivity contribution in [1.29, 1.82) is 0 Å². The van der Waals surface area contributed by atoms with Crippen LogP contribution in [0.5, 0.6) is 0 Å². The fourth-order valence-corrected chi connectivity index (χ4v) is 1.81. The smallest absolute Gasteiger partial charge is 0.339 e. The summed E-state index contributed by atoms with van der Waals surface area (Å²) in [7, 11) is 0. The summed E-state index contributed by atoms with van der Waals surface area (Å²) in [5.41, 5.74) is -0.940. The number of esters is 1. The molecule has 104 valence electrons. The fraction of sp³-hybridized carbons (Fsp3) is 0.385. The topological polar surface area (TPSA) is 43.4 Å². The first-order valence-electron chi connectivity index (χ1n) is 5.70. The average Bonchev–Trinajstić information content (AvgIpc) is 2.38. The van der Waals surface area contributed by atoms with E-state index >= 15 is 0 Å². The molecule has 0 saturated carbocycles. The van der Waals surface area contributed by atoms with Crippen molar-refractivity contribution in [2.75, 3.05) is 12.5 Å². The minimum Gasteiger partial charge on any atom is -0.462 e. The Morgan fingerprint density at radius 1 is 1.37 bits per heavy atom. The first kappa shape index (κ1) is 15.6. The molecule has 0 aliphatic rings. The maximum absolute atomic E-state index is 12.9. The second-order valence-corrected chi connectivity index (χ2v) is 4.03. The van der Waals surface area contributed by atoms with E-state index in [9.17, 15) is 18.4 Å². The third kappa shape index (κ3) is 3.73. The third-order valence-corrected chi connectivity index (χ3v) is 2.62. The van der Waals surface area contributed by atoms with Gasteiger partial charge in [0.1, 0.15) is 0 Å². The molecular formula is C13H13ClF2O3. The van der Waals surface area contributed by atoms with Crippen molar-refractivity contribution < 1.29 is 23.1 Å². The number of carbonyl (C=O) groups excluding carboxylic acids is 2. The van der Waals surface area contributed by atoms with Crippen molar-refractivity contribution in [3.63, 3.8) is 0 Å². The van der Waals surface area contributed by atoms with Crippen LogP contribution in [0.15, 0.2) is 18.2 Å². The number of hydrogen-bond donors (Lipinski definition) is 0. The number of hydrogen-bond acceptors (Lipinski definition) is 3. The Kier molecular flexibility index (Phi) is 5.89. The molecule has 0 heterocycles. The van der Waals surface area contributed by atoms with Gasteiger partial charge in [-0.05, 0) is 6.92 Å². The number of benzene rings is 1. The zero-order valence-corrected chi connectivity index (χ0v) is 11.0. The van der Waals surface area contributed by atoms with E-state index in [1.807, 2.05) is 0 Å². The average molecular weight is 291 g/mol. The molecule has 0 fully saturated rings. The molecule has 0 radical (unpaired) electrons. The summed E-state index contributed by atoms with van der Waals surface area (Å²) < 4.78 is 30.6. The number of halogens is 3. The van der Waals surface area contributed by atoms with Gasteiger partial charge in [0.15, 0.2) is 5.78 Å². The van der Waals surface area contributed by atoms with Crippen LogP contribution in [0, 0.1) is 0 Å². The highest BCUT2D eigenvalue weighted by molar-refractivity contribution is 6.20. The van der Waals surface area contributed by atoms with Crippen LogP contribution in [-0.4, -0.2) is 24.2 Å². The Morgan fingerprint density at radius 3 is 2.58 bits per heavy atom. The van der Waals surface area contributed by atoms with E-state index < -0.39 is 23.7 Å². The van der Waals surface area contributed by atoms with Crippen molar-refractivity contribution in [2.45, 2.75) is 19.8 Å². The minimum absolute atomic E-state index is 0.0271. The molecule has 19 heavy (non-hydrogen) atoms. The van der Waals surface area contributed by atoms with Gasteiger partial charge in [0.05, 0.1) is 12.2 Å². The van der Waals surface area contributed by atoms with Crippen LogP contribution in [0.4, 0.5) is 8.78 Å². The number of ether oxygens (including phenoxy) is 1. The molecule has 0 atom stereocenters. The van der Waals surface area contributed by atoms with E-state index in [1.165, 1.54) is 12.1 Å². The van der Waals surface area contributed by atoms with Gasteiger partial charge in [0.25, 0.3) is 6.43 Å². The fourth-order valence-electron chi connectivity index (χ4n) is 1.64. The molecule has 1 aromatic carbocycles. The highest BCUT2D eigenvalue weighted by Crippen LogP contribution is 2.27. The number of alkyl halides is 3. The molecule has 0 amide bonds. The van der Waals surface area contributed by atoms with Gasteiger partial charge in [0.2, 0.25) is 0 Å². The molecule has 1 aromatic rings. The van der Waals surface area contributed by atoms with Crippen LogP contribution >= 0.6 is 11.6 Å². The Labute approximate surface area is 114 Å². The zero-order chi connectivity index (χ0) is 14.4. The standard InChI is InChI=1S/C13H13ClF2O3/c1-2-19-13(18)11-8(10(17)6-7-14)4-3-5-9(11)12(15)16/h3-5,12H,2,6-7H2,1H3. The van der Waals surface area contributed by atoms with Crippen molar-refractivity contribution >= 4 is 23.4 Å². The normalized spacial score (nSPS) is 10.6. The van der Waals surface area contributed by atoms with Gasteiger partial charge >= 0.3 is 5.97 Å². The second kappa shape index (κ2) is 7.19. The number of rotatable bonds is 6. The third-order valence-electron chi connectivity index (χ3n) is 2.43. The van der Waals surface area contributed by atoms with E-state index in [2.05, 4.69) is 0 Å². The quantitative estimate of drug-likeness (QED) is 0.457. The first-order valence-corrected chi connectivity index (χ1v) is 6.23. The molecule has 0 aliphatic heterocycles. The van der Waals surface area contributed by atoms with Gasteiger partial charge in [-0.1, -0.05) is 18.2 Å². The first-order chi connectivity index (χ1) is 9.02. The molecular weight excluding hydrogens is 278 g/mol. The highest BCUT2D eigenvalue weighted by Gasteiger charge is 2.25. The lowest BCUT2D eigenvalue weighted by molar-refractivity contribution is 0.0512. The largest absolute Gasteiger partial charge is 0.462 e. The van der Waals surface area contributed by atoms with Crippen LogP contribution in [-0.2, 0) is 4.74 Å². The summed E-state index contributed by atoms with van der Waals surface area (Å²) in [6.45, 7) is 1.60. The van der Waals surface area contributed by atoms with E-state index in [-0.39, 0.29) is 30.0 Å². The molecule has 0 unspecified atom stereocenters. The Hall–Kier alpha value is -1.49. The van der Waals surface area contributed by atoms with E-state index in [0.29, 0.717) is 0 Å². The predicted octanol–water partition coefficient (Wildman–Crippen LogP) is 3.61. The summed E-state index contributed by atoms with van der Waals surface area (Å²) in [5, 5.41) is 0. The molecule has 0 aromatic heterocycles. The molecule has 0 spiro atoms. The Morgan fingerprint density at radius 2 is 2.05 bits per heavy atom. The summed E-state index contributed by atoms with van der Waals surface area (Å²) in [6.07, 6.45) is -2.89. The van der Waals surface area contributed by atoms with Crippen molar-refractivity contribution in [3.05, 3.63) is 34.9 Å². The monoisotopic (exact) mass is 290 g/mol. The molecule has 6 heteroatoms. The Bertz CT molecular complexity index is 475.